The van der Waals surface area contributed by atoms with E-state index in [1.54, 1.807) is 25.3 Å². The van der Waals surface area contributed by atoms with Crippen molar-refractivity contribution in [3.8, 4) is 5.75 Å². The average Bonchev–Trinajstić information content (AvgIpc) is 2.94. The summed E-state index contributed by atoms with van der Waals surface area (Å²) in [5, 5.41) is 13.7. The first-order valence-electron chi connectivity index (χ1n) is 7.85. The number of rotatable bonds is 6. The molecule has 0 radical (unpaired) electrons. The average molecular weight is 401 g/mol. The van der Waals surface area contributed by atoms with Crippen LogP contribution in [0.25, 0.3) is 6.08 Å². The quantitative estimate of drug-likeness (QED) is 0.340. The summed E-state index contributed by atoms with van der Waals surface area (Å²) in [5.74, 6) is 0.558. The predicted molar refractivity (Wildman–Crippen MR) is 110 cm³/mol. The van der Waals surface area contributed by atoms with E-state index in [1.807, 2.05) is 24.3 Å². The smallest absolute Gasteiger partial charge is 0.269 e. The van der Waals surface area contributed by atoms with Gasteiger partial charge in [0.05, 0.1) is 23.6 Å². The van der Waals surface area contributed by atoms with E-state index in [0.29, 0.717) is 14.9 Å². The number of nitrogens with zero attached hydrogens (tertiary/aromatic N) is 2. The van der Waals surface area contributed by atoms with Crippen molar-refractivity contribution < 1.29 is 14.5 Å². The number of carbonyl (C=O) groups excluding carboxylic acids is 1. The molecule has 0 atom stereocenters. The maximum atomic E-state index is 12.6. The van der Waals surface area contributed by atoms with Gasteiger partial charge in [-0.2, -0.15) is 0 Å². The fourth-order valence-electron chi connectivity index (χ4n) is 2.36. The van der Waals surface area contributed by atoms with E-state index >= 15 is 0 Å². The van der Waals surface area contributed by atoms with Crippen LogP contribution in [0.5, 0.6) is 5.75 Å². The van der Waals surface area contributed by atoms with Crippen molar-refractivity contribution >= 4 is 51.7 Å². The second kappa shape index (κ2) is 8.19. The minimum atomic E-state index is -0.463. The van der Waals surface area contributed by atoms with Gasteiger partial charge in [-0.05, 0) is 35.9 Å². The van der Waals surface area contributed by atoms with Gasteiger partial charge in [-0.15, -0.1) is 0 Å². The molecule has 0 saturated carbocycles. The fraction of sp³-hybridized carbons (Fsp3) is 0.111. The first-order chi connectivity index (χ1) is 13.0. The maximum absolute atomic E-state index is 12.6. The second-order valence-electron chi connectivity index (χ2n) is 5.52. The SMILES string of the molecule is COc1ccc(/C=C2\SC(=S)N(CNc3ccc([N+](=O)[O-])cc3)C2=O)cc1. The Labute approximate surface area is 165 Å². The summed E-state index contributed by atoms with van der Waals surface area (Å²) in [4.78, 5) is 24.8. The van der Waals surface area contributed by atoms with Gasteiger partial charge in [0.15, 0.2) is 0 Å². The van der Waals surface area contributed by atoms with Crippen LogP contribution >= 0.6 is 24.0 Å². The molecule has 1 aliphatic rings. The number of ether oxygens (including phenoxy) is 1. The summed E-state index contributed by atoms with van der Waals surface area (Å²) in [6, 6.07) is 13.3. The molecule has 138 valence electrons. The number of thiocarbonyl (C=S) groups is 1. The minimum Gasteiger partial charge on any atom is -0.497 e. The molecule has 1 aliphatic heterocycles. The van der Waals surface area contributed by atoms with Gasteiger partial charge in [0.2, 0.25) is 0 Å². The van der Waals surface area contributed by atoms with Gasteiger partial charge in [-0.1, -0.05) is 36.1 Å². The highest BCUT2D eigenvalue weighted by atomic mass is 32.2. The third kappa shape index (κ3) is 4.44. The normalized spacial score (nSPS) is 15.3. The van der Waals surface area contributed by atoms with Gasteiger partial charge in [0.1, 0.15) is 10.1 Å². The molecular weight excluding hydrogens is 386 g/mol. The predicted octanol–water partition coefficient (Wildman–Crippen LogP) is 3.87. The van der Waals surface area contributed by atoms with Crippen molar-refractivity contribution in [3.63, 3.8) is 0 Å². The summed E-state index contributed by atoms with van der Waals surface area (Å²) < 4.78 is 5.57. The Bertz CT molecular complexity index is 911. The van der Waals surface area contributed by atoms with Crippen molar-refractivity contribution in [1.29, 1.82) is 0 Å². The third-order valence-corrected chi connectivity index (χ3v) is 5.18. The van der Waals surface area contributed by atoms with Gasteiger partial charge >= 0.3 is 0 Å². The van der Waals surface area contributed by atoms with Crippen LogP contribution in [0.2, 0.25) is 0 Å². The van der Waals surface area contributed by atoms with E-state index in [0.717, 1.165) is 11.3 Å². The molecule has 1 N–H and O–H groups in total. The van der Waals surface area contributed by atoms with E-state index in [1.165, 1.54) is 28.8 Å². The summed E-state index contributed by atoms with van der Waals surface area (Å²) in [6.07, 6.45) is 1.78. The van der Waals surface area contributed by atoms with Crippen molar-refractivity contribution in [2.45, 2.75) is 0 Å². The van der Waals surface area contributed by atoms with E-state index < -0.39 is 4.92 Å². The number of anilines is 1. The largest absolute Gasteiger partial charge is 0.497 e. The van der Waals surface area contributed by atoms with Crippen LogP contribution in [0.1, 0.15) is 5.56 Å². The zero-order valence-corrected chi connectivity index (χ0v) is 15.9. The Hall–Kier alpha value is -2.91. The standard InChI is InChI=1S/C18H15N3O4S2/c1-25-15-8-2-12(3-9-15)10-16-17(22)20(18(26)27-16)11-19-13-4-6-14(7-5-13)21(23)24/h2-10,19H,11H2,1H3/b16-10-. The molecule has 0 unspecified atom stereocenters. The Morgan fingerprint density at radius 3 is 2.48 bits per heavy atom. The number of hydrogen-bond acceptors (Lipinski definition) is 7. The van der Waals surface area contributed by atoms with E-state index in [4.69, 9.17) is 17.0 Å². The van der Waals surface area contributed by atoms with Crippen LogP contribution in [-0.4, -0.2) is 33.8 Å². The zero-order valence-electron chi connectivity index (χ0n) is 14.2. The number of nitro groups is 1. The molecule has 1 fully saturated rings. The highest BCUT2D eigenvalue weighted by Gasteiger charge is 2.31. The topological polar surface area (TPSA) is 84.7 Å². The molecule has 2 aromatic carbocycles. The summed E-state index contributed by atoms with van der Waals surface area (Å²) >= 11 is 6.54. The van der Waals surface area contributed by atoms with Gasteiger partial charge < -0.3 is 10.1 Å². The van der Waals surface area contributed by atoms with Crippen molar-refractivity contribution in [2.75, 3.05) is 19.1 Å². The first-order valence-corrected chi connectivity index (χ1v) is 9.08. The summed E-state index contributed by atoms with van der Waals surface area (Å²) in [6.45, 7) is 0.183. The van der Waals surface area contributed by atoms with Crippen LogP contribution < -0.4 is 10.1 Å². The third-order valence-electron chi connectivity index (χ3n) is 3.81. The van der Waals surface area contributed by atoms with Crippen molar-refractivity contribution in [2.24, 2.45) is 0 Å². The molecule has 2 aromatic rings. The molecule has 7 nitrogen and oxygen atoms in total. The minimum absolute atomic E-state index is 0.00795. The Balaban J connectivity index is 1.66. The lowest BCUT2D eigenvalue weighted by molar-refractivity contribution is -0.384. The number of amides is 1. The number of methoxy groups -OCH3 is 1. The lowest BCUT2D eigenvalue weighted by Gasteiger charge is -2.16. The molecule has 0 bridgehead atoms. The Kier molecular flexibility index (Phi) is 5.72. The van der Waals surface area contributed by atoms with Crippen LogP contribution in [0.3, 0.4) is 0 Å². The van der Waals surface area contributed by atoms with E-state index in [2.05, 4.69) is 5.32 Å². The molecule has 1 saturated heterocycles. The van der Waals surface area contributed by atoms with Crippen molar-refractivity contribution in [3.05, 3.63) is 69.1 Å². The molecule has 0 aliphatic carbocycles. The lowest BCUT2D eigenvalue weighted by Crippen LogP contribution is -2.33. The van der Waals surface area contributed by atoms with Gasteiger partial charge in [0.25, 0.3) is 11.6 Å². The van der Waals surface area contributed by atoms with E-state index in [9.17, 15) is 14.9 Å². The summed E-state index contributed by atoms with van der Waals surface area (Å²) in [5.41, 5.74) is 1.54. The highest BCUT2D eigenvalue weighted by molar-refractivity contribution is 8.26. The van der Waals surface area contributed by atoms with Crippen molar-refractivity contribution in [1.82, 2.24) is 4.90 Å². The summed E-state index contributed by atoms with van der Waals surface area (Å²) in [7, 11) is 1.60. The van der Waals surface area contributed by atoms with Crippen LogP contribution in [0.15, 0.2) is 53.4 Å². The Morgan fingerprint density at radius 1 is 1.22 bits per heavy atom. The molecule has 0 aromatic heterocycles. The first kappa shape index (κ1) is 18.9. The number of thioether (sulfide) groups is 1. The number of carbonyl (C=O) groups is 1. The number of non-ortho nitro benzene ring substituents is 1. The molecule has 1 amide bonds. The maximum Gasteiger partial charge on any atom is 0.269 e. The molecule has 3 rings (SSSR count). The van der Waals surface area contributed by atoms with Crippen LogP contribution in [-0.2, 0) is 4.79 Å². The van der Waals surface area contributed by atoms with Gasteiger partial charge in [-0.3, -0.25) is 19.8 Å². The monoisotopic (exact) mass is 401 g/mol. The van der Waals surface area contributed by atoms with Gasteiger partial charge in [-0.25, -0.2) is 0 Å². The van der Waals surface area contributed by atoms with Crippen LogP contribution in [0.4, 0.5) is 11.4 Å². The number of nitrogens with one attached hydrogen (secondary N) is 1. The molecule has 1 heterocycles. The van der Waals surface area contributed by atoms with Gasteiger partial charge in [0, 0.05) is 17.8 Å². The number of hydrogen-bond donors (Lipinski definition) is 1. The number of nitro benzene ring substituents is 1. The molecule has 0 spiro atoms. The lowest BCUT2D eigenvalue weighted by atomic mass is 10.2. The fourth-order valence-corrected chi connectivity index (χ4v) is 3.61. The second-order valence-corrected chi connectivity index (χ2v) is 7.20. The van der Waals surface area contributed by atoms with E-state index in [-0.39, 0.29) is 18.3 Å². The molecule has 9 heteroatoms. The number of benzene rings is 2. The van der Waals surface area contributed by atoms with Crippen LogP contribution in [0, 0.1) is 10.1 Å². The molecular formula is C18H15N3O4S2. The zero-order chi connectivity index (χ0) is 19.4. The molecule has 27 heavy (non-hydrogen) atoms. The Morgan fingerprint density at radius 2 is 1.89 bits per heavy atom. The highest BCUT2D eigenvalue weighted by Crippen LogP contribution is 2.32.